The molecule has 0 saturated carbocycles. The fourth-order valence-corrected chi connectivity index (χ4v) is 8.04. The molecule has 2 N–H and O–H groups in total. The second kappa shape index (κ2) is 18.5. The summed E-state index contributed by atoms with van der Waals surface area (Å²) in [5.74, 6) is -3.36. The molecule has 4 rings (SSSR count). The number of hydrogen-bond donors (Lipinski definition) is 2. The van der Waals surface area contributed by atoms with Crippen LogP contribution in [0.3, 0.4) is 0 Å². The van der Waals surface area contributed by atoms with Crippen molar-refractivity contribution in [2.45, 2.75) is 49.9 Å². The SMILES string of the molecule is CC[C@@H]1CC(=O)CN(C)C(=O)[C@H](CSC(c2ccccc2)(c2ccccc2)c2ccccc2)NC(=O)CN(C)C(=O)[C@H](CC)NC(=O)CN(C)C1=O. The quantitative estimate of drug-likeness (QED) is 0.340. The summed E-state index contributed by atoms with van der Waals surface area (Å²) in [7, 11) is 4.44. The molecule has 1 aliphatic heterocycles. The number of Topliss-reactive ketones (excluding diaryl/α,β-unsaturated/α-hetero) is 1. The van der Waals surface area contributed by atoms with Crippen LogP contribution >= 0.6 is 11.8 Å². The van der Waals surface area contributed by atoms with E-state index >= 15 is 0 Å². The summed E-state index contributed by atoms with van der Waals surface area (Å²) >= 11 is 1.48. The zero-order chi connectivity index (χ0) is 37.8. The molecular formula is C40H49N5O6S. The van der Waals surface area contributed by atoms with Gasteiger partial charge in [-0.3, -0.25) is 28.8 Å². The Bertz CT molecular complexity index is 1610. The molecule has 0 unspecified atom stereocenters. The van der Waals surface area contributed by atoms with Gasteiger partial charge in [0, 0.05) is 39.2 Å². The maximum Gasteiger partial charge on any atom is 0.246 e. The first-order chi connectivity index (χ1) is 24.9. The Morgan fingerprint density at radius 3 is 1.42 bits per heavy atom. The standard InChI is InChI=1S/C40H49N5O6S/c1-6-28-23-32(46)24-43(3)39(51)34(42-36(48)26-45(5)38(50)33(7-2)41-35(47)25-44(4)37(28)49)27-52-40(29-17-11-8-12-18-29,30-19-13-9-14-20-30)31-21-15-10-16-22-31/h8-22,28,33-34H,6-7,23-27H2,1-5H3,(H,41,47)(H,42,48)/t28-,33+,34+/m1/s1. The van der Waals surface area contributed by atoms with E-state index in [1.54, 1.807) is 13.8 Å². The molecule has 3 atom stereocenters. The first-order valence-corrected chi connectivity index (χ1v) is 18.6. The van der Waals surface area contributed by atoms with Gasteiger partial charge < -0.3 is 25.3 Å². The van der Waals surface area contributed by atoms with Gasteiger partial charge >= 0.3 is 0 Å². The first kappa shape index (κ1) is 39.8. The van der Waals surface area contributed by atoms with Crippen LogP contribution in [0.15, 0.2) is 91.0 Å². The molecule has 0 bridgehead atoms. The number of rotatable bonds is 8. The van der Waals surface area contributed by atoms with Crippen molar-refractivity contribution in [3.8, 4) is 0 Å². The van der Waals surface area contributed by atoms with E-state index in [1.807, 2.05) is 91.0 Å². The van der Waals surface area contributed by atoms with Crippen molar-refractivity contribution in [2.24, 2.45) is 5.92 Å². The number of hydrogen-bond acceptors (Lipinski definition) is 7. The number of ketones is 1. The molecule has 0 radical (unpaired) electrons. The third kappa shape index (κ3) is 9.67. The second-order valence-electron chi connectivity index (χ2n) is 13.2. The summed E-state index contributed by atoms with van der Waals surface area (Å²) in [4.78, 5) is 84.5. The average Bonchev–Trinajstić information content (AvgIpc) is 3.15. The number of likely N-dealkylation sites (N-methyl/N-ethyl adjacent to an activating group) is 3. The molecule has 1 heterocycles. The van der Waals surface area contributed by atoms with Gasteiger partial charge in [-0.1, -0.05) is 105 Å². The number of nitrogens with one attached hydrogen (secondary N) is 2. The van der Waals surface area contributed by atoms with Gasteiger partial charge in [-0.05, 0) is 29.5 Å². The lowest BCUT2D eigenvalue weighted by atomic mass is 9.84. The van der Waals surface area contributed by atoms with Crippen LogP contribution < -0.4 is 10.6 Å². The van der Waals surface area contributed by atoms with Crippen LogP contribution in [-0.4, -0.2) is 109 Å². The van der Waals surface area contributed by atoms with Crippen molar-refractivity contribution < 1.29 is 28.8 Å². The highest BCUT2D eigenvalue weighted by Crippen LogP contribution is 2.48. The van der Waals surface area contributed by atoms with Gasteiger partial charge in [0.25, 0.3) is 0 Å². The van der Waals surface area contributed by atoms with Crippen molar-refractivity contribution in [3.63, 3.8) is 0 Å². The Morgan fingerprint density at radius 2 is 0.981 bits per heavy atom. The third-order valence-corrected chi connectivity index (χ3v) is 10.9. The van der Waals surface area contributed by atoms with Gasteiger partial charge in [-0.2, -0.15) is 0 Å². The highest BCUT2D eigenvalue weighted by atomic mass is 32.2. The number of carbonyl (C=O) groups excluding carboxylic acids is 6. The second-order valence-corrected chi connectivity index (χ2v) is 14.4. The fraction of sp³-hybridized carbons (Fsp3) is 0.400. The van der Waals surface area contributed by atoms with E-state index in [9.17, 15) is 28.8 Å². The van der Waals surface area contributed by atoms with Gasteiger partial charge in [0.1, 0.15) is 12.1 Å². The monoisotopic (exact) mass is 727 g/mol. The van der Waals surface area contributed by atoms with Gasteiger partial charge in [-0.15, -0.1) is 11.8 Å². The molecule has 1 aliphatic rings. The van der Waals surface area contributed by atoms with Crippen LogP contribution in [-0.2, 0) is 33.5 Å². The van der Waals surface area contributed by atoms with E-state index in [2.05, 4.69) is 10.6 Å². The van der Waals surface area contributed by atoms with Crippen LogP contribution in [0.4, 0.5) is 0 Å². The Balaban J connectivity index is 1.74. The van der Waals surface area contributed by atoms with Gasteiger partial charge in [0.05, 0.1) is 24.4 Å². The molecule has 12 heteroatoms. The number of nitrogens with zero attached hydrogens (tertiary/aromatic N) is 3. The lowest BCUT2D eigenvalue weighted by molar-refractivity contribution is -0.143. The molecule has 0 aliphatic carbocycles. The highest BCUT2D eigenvalue weighted by molar-refractivity contribution is 8.00. The van der Waals surface area contributed by atoms with E-state index in [4.69, 9.17) is 0 Å². The summed E-state index contributed by atoms with van der Waals surface area (Å²) < 4.78 is -0.796. The Morgan fingerprint density at radius 1 is 0.577 bits per heavy atom. The molecule has 1 saturated heterocycles. The average molecular weight is 728 g/mol. The third-order valence-electron chi connectivity index (χ3n) is 9.30. The van der Waals surface area contributed by atoms with Crippen LogP contribution in [0.5, 0.6) is 0 Å². The van der Waals surface area contributed by atoms with Crippen molar-refractivity contribution in [2.75, 3.05) is 46.5 Å². The summed E-state index contributed by atoms with van der Waals surface area (Å²) in [6, 6.07) is 27.8. The van der Waals surface area contributed by atoms with Crippen molar-refractivity contribution in [1.29, 1.82) is 0 Å². The van der Waals surface area contributed by atoms with Gasteiger partial charge in [0.15, 0.2) is 5.78 Å². The minimum Gasteiger partial charge on any atom is -0.343 e. The molecule has 52 heavy (non-hydrogen) atoms. The molecule has 0 spiro atoms. The van der Waals surface area contributed by atoms with Crippen LogP contribution in [0, 0.1) is 5.92 Å². The number of thioether (sulfide) groups is 1. The van der Waals surface area contributed by atoms with E-state index in [-0.39, 0.29) is 49.9 Å². The molecule has 11 nitrogen and oxygen atoms in total. The Kier molecular flexibility index (Phi) is 14.2. The molecule has 0 aromatic heterocycles. The smallest absolute Gasteiger partial charge is 0.246 e. The fourth-order valence-electron chi connectivity index (χ4n) is 6.49. The van der Waals surface area contributed by atoms with E-state index in [0.717, 1.165) is 16.7 Å². The molecule has 3 aromatic rings. The van der Waals surface area contributed by atoms with Crippen LogP contribution in [0.1, 0.15) is 49.8 Å². The predicted octanol–water partition coefficient (Wildman–Crippen LogP) is 3.47. The van der Waals surface area contributed by atoms with E-state index < -0.39 is 46.4 Å². The van der Waals surface area contributed by atoms with Crippen LogP contribution in [0.2, 0.25) is 0 Å². The molecule has 276 valence electrons. The van der Waals surface area contributed by atoms with E-state index in [0.29, 0.717) is 6.42 Å². The summed E-state index contributed by atoms with van der Waals surface area (Å²) in [5, 5.41) is 5.54. The zero-order valence-corrected chi connectivity index (χ0v) is 31.4. The normalized spacial score (nSPS) is 20.6. The maximum absolute atomic E-state index is 14.2. The Labute approximate surface area is 310 Å². The zero-order valence-electron chi connectivity index (χ0n) is 30.5. The summed E-state index contributed by atoms with van der Waals surface area (Å²) in [6.07, 6.45) is 0.485. The molecule has 1 fully saturated rings. The van der Waals surface area contributed by atoms with E-state index in [1.165, 1.54) is 47.6 Å². The van der Waals surface area contributed by atoms with Crippen molar-refractivity contribution in [1.82, 2.24) is 25.3 Å². The van der Waals surface area contributed by atoms with Gasteiger partial charge in [-0.25, -0.2) is 0 Å². The minimum absolute atomic E-state index is 0.105. The minimum atomic E-state index is -1.09. The largest absolute Gasteiger partial charge is 0.343 e. The lowest BCUT2D eigenvalue weighted by Gasteiger charge is -2.37. The highest BCUT2D eigenvalue weighted by Gasteiger charge is 2.39. The first-order valence-electron chi connectivity index (χ1n) is 17.6. The molecular weight excluding hydrogens is 679 g/mol. The summed E-state index contributed by atoms with van der Waals surface area (Å²) in [6.45, 7) is 2.57. The Hall–Kier alpha value is -4.97. The number of benzene rings is 3. The topological polar surface area (TPSA) is 136 Å². The maximum atomic E-state index is 14.2. The predicted molar refractivity (Wildman–Crippen MR) is 202 cm³/mol. The summed E-state index contributed by atoms with van der Waals surface area (Å²) in [5.41, 5.74) is 2.91. The number of amides is 5. The lowest BCUT2D eigenvalue weighted by Crippen LogP contribution is -2.55. The van der Waals surface area contributed by atoms with Gasteiger partial charge in [0.2, 0.25) is 29.5 Å². The molecule has 5 amide bonds. The van der Waals surface area contributed by atoms with Crippen molar-refractivity contribution >= 4 is 47.1 Å². The van der Waals surface area contributed by atoms with Crippen LogP contribution in [0.25, 0.3) is 0 Å². The molecule has 3 aromatic carbocycles. The number of carbonyl (C=O) groups is 6. The van der Waals surface area contributed by atoms with Crippen molar-refractivity contribution in [3.05, 3.63) is 108 Å².